The van der Waals surface area contributed by atoms with Crippen LogP contribution in [0, 0.1) is 12.3 Å². The predicted octanol–water partition coefficient (Wildman–Crippen LogP) is 1.70. The maximum Gasteiger partial charge on any atom is 0.255 e. The molecule has 0 radical (unpaired) electrons. The number of nitrogens with one attached hydrogen (secondary N) is 3. The number of aromatic nitrogens is 1. The number of hydrogen-bond acceptors (Lipinski definition) is 5. The van der Waals surface area contributed by atoms with Gasteiger partial charge in [0.15, 0.2) is 0 Å². The third kappa shape index (κ3) is 5.53. The number of rotatable bonds is 8. The monoisotopic (exact) mass is 352 g/mol. The largest absolute Gasteiger partial charge is 0.494 e. The van der Waals surface area contributed by atoms with Gasteiger partial charge < -0.3 is 20.7 Å². The number of amides is 2. The summed E-state index contributed by atoms with van der Waals surface area (Å²) in [7, 11) is 0. The molecular formula is C19H20N4O3. The van der Waals surface area contributed by atoms with E-state index in [0.29, 0.717) is 18.0 Å². The summed E-state index contributed by atoms with van der Waals surface area (Å²) >= 11 is 0. The van der Waals surface area contributed by atoms with Crippen LogP contribution in [0.2, 0.25) is 0 Å². The molecule has 26 heavy (non-hydrogen) atoms. The lowest BCUT2D eigenvalue weighted by molar-refractivity contribution is -0.119. The first-order valence-corrected chi connectivity index (χ1v) is 8.07. The average molecular weight is 352 g/mol. The minimum atomic E-state index is -0.414. The summed E-state index contributed by atoms with van der Waals surface area (Å²) in [6.45, 7) is 2.45. The van der Waals surface area contributed by atoms with Crippen molar-refractivity contribution in [3.8, 4) is 18.1 Å². The van der Waals surface area contributed by atoms with Crippen molar-refractivity contribution in [1.29, 1.82) is 0 Å². The van der Waals surface area contributed by atoms with E-state index < -0.39 is 5.91 Å². The van der Waals surface area contributed by atoms with Gasteiger partial charge in [-0.15, -0.1) is 6.42 Å². The molecule has 0 spiro atoms. The number of terminal acetylenes is 1. The zero-order chi connectivity index (χ0) is 18.8. The molecule has 3 N–H and O–H groups in total. The summed E-state index contributed by atoms with van der Waals surface area (Å²) in [5, 5.41) is 8.11. The first-order valence-electron chi connectivity index (χ1n) is 8.07. The molecule has 0 aliphatic carbocycles. The maximum absolute atomic E-state index is 12.3. The van der Waals surface area contributed by atoms with Gasteiger partial charge in [0.05, 0.1) is 25.3 Å². The van der Waals surface area contributed by atoms with Gasteiger partial charge in [0.25, 0.3) is 5.91 Å². The highest BCUT2D eigenvalue weighted by atomic mass is 16.5. The van der Waals surface area contributed by atoms with E-state index in [2.05, 4.69) is 26.9 Å². The van der Waals surface area contributed by atoms with Crippen molar-refractivity contribution >= 4 is 23.3 Å². The Kier molecular flexibility index (Phi) is 7.01. The minimum absolute atomic E-state index is 0.117. The molecule has 0 saturated heterocycles. The second-order valence-electron chi connectivity index (χ2n) is 5.15. The molecule has 134 valence electrons. The summed E-state index contributed by atoms with van der Waals surface area (Å²) in [5.41, 5.74) is 1.08. The van der Waals surface area contributed by atoms with Crippen LogP contribution < -0.4 is 20.7 Å². The first kappa shape index (κ1) is 18.8. The van der Waals surface area contributed by atoms with Crippen LogP contribution in [0.15, 0.2) is 42.6 Å². The molecule has 0 aliphatic rings. The molecule has 1 aromatic carbocycles. The molecule has 7 nitrogen and oxygen atoms in total. The maximum atomic E-state index is 12.3. The Balaban J connectivity index is 2.03. The summed E-state index contributed by atoms with van der Waals surface area (Å²) in [6, 6.07) is 10.6. The third-order valence-corrected chi connectivity index (χ3v) is 3.28. The lowest BCUT2D eigenvalue weighted by Gasteiger charge is -2.11. The Morgan fingerprint density at radius 1 is 1.19 bits per heavy atom. The Morgan fingerprint density at radius 2 is 1.96 bits per heavy atom. The number of pyridine rings is 1. The van der Waals surface area contributed by atoms with Crippen molar-refractivity contribution in [2.24, 2.45) is 0 Å². The van der Waals surface area contributed by atoms with E-state index in [1.807, 2.05) is 31.2 Å². The highest BCUT2D eigenvalue weighted by Crippen LogP contribution is 2.21. The summed E-state index contributed by atoms with van der Waals surface area (Å²) in [6.07, 6.45) is 6.64. The topological polar surface area (TPSA) is 92.4 Å². The zero-order valence-electron chi connectivity index (χ0n) is 14.4. The number of hydrogen-bond donors (Lipinski definition) is 3. The van der Waals surface area contributed by atoms with E-state index in [4.69, 9.17) is 11.2 Å². The van der Waals surface area contributed by atoms with Gasteiger partial charge in [0.2, 0.25) is 5.91 Å². The molecule has 0 atom stereocenters. The van der Waals surface area contributed by atoms with Gasteiger partial charge in [-0.1, -0.05) is 5.92 Å². The molecule has 0 fully saturated rings. The number of benzene rings is 1. The van der Waals surface area contributed by atoms with Crippen LogP contribution in [-0.2, 0) is 4.79 Å². The lowest BCUT2D eigenvalue weighted by Crippen LogP contribution is -2.37. The van der Waals surface area contributed by atoms with Crippen LogP contribution in [0.4, 0.5) is 11.5 Å². The quantitative estimate of drug-likeness (QED) is 0.629. The van der Waals surface area contributed by atoms with Crippen molar-refractivity contribution in [1.82, 2.24) is 15.6 Å². The number of nitrogens with zero attached hydrogens (tertiary/aromatic N) is 1. The van der Waals surface area contributed by atoms with Gasteiger partial charge in [0.1, 0.15) is 11.6 Å². The number of carbonyl (C=O) groups excluding carboxylic acids is 2. The van der Waals surface area contributed by atoms with Crippen LogP contribution in [-0.4, -0.2) is 36.5 Å². The number of ether oxygens (including phenoxy) is 1. The number of carbonyl (C=O) groups is 2. The van der Waals surface area contributed by atoms with Gasteiger partial charge in [-0.2, -0.15) is 0 Å². The van der Waals surface area contributed by atoms with Crippen molar-refractivity contribution in [3.05, 3.63) is 48.2 Å². The van der Waals surface area contributed by atoms with Crippen molar-refractivity contribution < 1.29 is 14.3 Å². The SMILES string of the molecule is C#CCNC(=O)CNC(=O)c1cccnc1Nc1ccc(OCC)cc1. The molecule has 0 unspecified atom stereocenters. The van der Waals surface area contributed by atoms with Crippen molar-refractivity contribution in [2.75, 3.05) is 25.0 Å². The molecule has 2 amide bonds. The third-order valence-electron chi connectivity index (χ3n) is 3.28. The highest BCUT2D eigenvalue weighted by molar-refractivity contribution is 6.00. The molecule has 0 saturated carbocycles. The highest BCUT2D eigenvalue weighted by Gasteiger charge is 2.13. The fraction of sp³-hybridized carbons (Fsp3) is 0.211. The van der Waals surface area contributed by atoms with E-state index in [-0.39, 0.29) is 19.0 Å². The van der Waals surface area contributed by atoms with Gasteiger partial charge in [0, 0.05) is 11.9 Å². The molecule has 2 aromatic rings. The molecule has 7 heteroatoms. The lowest BCUT2D eigenvalue weighted by atomic mass is 10.2. The Hall–Kier alpha value is -3.53. The van der Waals surface area contributed by atoms with Gasteiger partial charge >= 0.3 is 0 Å². The molecule has 1 heterocycles. The molecule has 0 bridgehead atoms. The van der Waals surface area contributed by atoms with Gasteiger partial charge in [-0.3, -0.25) is 9.59 Å². The zero-order valence-corrected chi connectivity index (χ0v) is 14.4. The smallest absolute Gasteiger partial charge is 0.255 e. The summed E-state index contributed by atoms with van der Waals surface area (Å²) in [4.78, 5) is 28.1. The average Bonchev–Trinajstić information content (AvgIpc) is 2.66. The molecule has 0 aliphatic heterocycles. The van der Waals surface area contributed by atoms with Gasteiger partial charge in [-0.05, 0) is 43.3 Å². The fourth-order valence-corrected chi connectivity index (χ4v) is 2.09. The van der Waals surface area contributed by atoms with E-state index in [0.717, 1.165) is 11.4 Å². The molecule has 1 aromatic heterocycles. The Morgan fingerprint density at radius 3 is 2.65 bits per heavy atom. The second-order valence-corrected chi connectivity index (χ2v) is 5.15. The fourth-order valence-electron chi connectivity index (χ4n) is 2.09. The van der Waals surface area contributed by atoms with Crippen LogP contribution >= 0.6 is 0 Å². The molecule has 2 rings (SSSR count). The van der Waals surface area contributed by atoms with E-state index in [9.17, 15) is 9.59 Å². The van der Waals surface area contributed by atoms with Crippen molar-refractivity contribution in [2.45, 2.75) is 6.92 Å². The van der Waals surface area contributed by atoms with E-state index in [1.54, 1.807) is 18.3 Å². The normalized spacial score (nSPS) is 9.69. The second kappa shape index (κ2) is 9.69. The Bertz CT molecular complexity index is 797. The molecular weight excluding hydrogens is 332 g/mol. The summed E-state index contributed by atoms with van der Waals surface area (Å²) < 4.78 is 5.40. The van der Waals surface area contributed by atoms with E-state index in [1.165, 1.54) is 0 Å². The van der Waals surface area contributed by atoms with Crippen LogP contribution in [0.5, 0.6) is 5.75 Å². The predicted molar refractivity (Wildman–Crippen MR) is 99.3 cm³/mol. The number of anilines is 2. The van der Waals surface area contributed by atoms with Crippen LogP contribution in [0.25, 0.3) is 0 Å². The summed E-state index contributed by atoms with van der Waals surface area (Å²) in [5.74, 6) is 2.66. The van der Waals surface area contributed by atoms with E-state index >= 15 is 0 Å². The standard InChI is InChI=1S/C19H20N4O3/c1-3-11-20-17(24)13-22-19(25)16-6-5-12-21-18(16)23-14-7-9-15(10-8-14)26-4-2/h1,5-10,12H,4,11,13H2,2H3,(H,20,24)(H,21,23)(H,22,25). The van der Waals surface area contributed by atoms with Crippen molar-refractivity contribution in [3.63, 3.8) is 0 Å². The minimum Gasteiger partial charge on any atom is -0.494 e. The van der Waals surface area contributed by atoms with Crippen LogP contribution in [0.3, 0.4) is 0 Å². The van der Waals surface area contributed by atoms with Gasteiger partial charge in [-0.25, -0.2) is 4.98 Å². The Labute approximate surface area is 152 Å². The first-order chi connectivity index (χ1) is 12.6. The van der Waals surface area contributed by atoms with Crippen LogP contribution in [0.1, 0.15) is 17.3 Å².